The van der Waals surface area contributed by atoms with Crippen molar-refractivity contribution in [2.45, 2.75) is 26.7 Å². The van der Waals surface area contributed by atoms with Gasteiger partial charge >= 0.3 is 0 Å². The minimum absolute atomic E-state index is 0.558. The molecule has 0 amide bonds. The highest BCUT2D eigenvalue weighted by Crippen LogP contribution is 2.33. The minimum Gasteiger partial charge on any atom is -0.493 e. The van der Waals surface area contributed by atoms with E-state index in [1.165, 1.54) is 0 Å². The van der Waals surface area contributed by atoms with Gasteiger partial charge in [-0.05, 0) is 25.5 Å². The molecule has 2 aromatic rings. The van der Waals surface area contributed by atoms with Crippen LogP contribution in [-0.4, -0.2) is 24.1 Å². The van der Waals surface area contributed by atoms with Crippen LogP contribution in [0, 0.1) is 6.92 Å². The quantitative estimate of drug-likeness (QED) is 0.880. The number of rotatable bonds is 6. The number of ether oxygens (including phenoxy) is 2. The van der Waals surface area contributed by atoms with E-state index in [2.05, 4.69) is 22.2 Å². The molecular formula is C16H21N3O2. The number of aryl methyl sites for hydroxylation is 1. The number of methoxy groups -OCH3 is 1. The monoisotopic (exact) mass is 287 g/mol. The van der Waals surface area contributed by atoms with Crippen molar-refractivity contribution in [3.8, 4) is 17.4 Å². The summed E-state index contributed by atoms with van der Waals surface area (Å²) < 4.78 is 11.3. The standard InChI is InChI=1S/C16H21N3O2/c1-5-8-14-18-15(17-3)11(2)16(19-14)21-13-10-7-6-9-12(13)20-4/h6-7,9-10H,5,8H2,1-4H3,(H,17,18,19). The molecule has 5 heteroatoms. The zero-order valence-electron chi connectivity index (χ0n) is 12.9. The van der Waals surface area contributed by atoms with Gasteiger partial charge in [0.05, 0.1) is 12.7 Å². The van der Waals surface area contributed by atoms with Crippen LogP contribution in [0.1, 0.15) is 24.7 Å². The van der Waals surface area contributed by atoms with Gasteiger partial charge in [0.15, 0.2) is 11.5 Å². The predicted octanol–water partition coefficient (Wildman–Crippen LogP) is 3.58. The molecular weight excluding hydrogens is 266 g/mol. The Hall–Kier alpha value is -2.30. The second-order valence-corrected chi connectivity index (χ2v) is 4.67. The average molecular weight is 287 g/mol. The molecule has 5 nitrogen and oxygen atoms in total. The molecule has 0 saturated carbocycles. The maximum absolute atomic E-state index is 5.94. The summed E-state index contributed by atoms with van der Waals surface area (Å²) in [5.74, 6) is 3.45. The fourth-order valence-electron chi connectivity index (χ4n) is 2.03. The number of hydrogen-bond acceptors (Lipinski definition) is 5. The lowest BCUT2D eigenvalue weighted by Crippen LogP contribution is -2.05. The van der Waals surface area contributed by atoms with Gasteiger partial charge in [-0.1, -0.05) is 19.1 Å². The molecule has 1 heterocycles. The van der Waals surface area contributed by atoms with Gasteiger partial charge in [0.1, 0.15) is 11.6 Å². The summed E-state index contributed by atoms with van der Waals surface area (Å²) in [5.41, 5.74) is 0.878. The molecule has 2 rings (SSSR count). The fourth-order valence-corrected chi connectivity index (χ4v) is 2.03. The highest BCUT2D eigenvalue weighted by molar-refractivity contribution is 5.50. The van der Waals surface area contributed by atoms with Crippen molar-refractivity contribution in [3.63, 3.8) is 0 Å². The first-order valence-corrected chi connectivity index (χ1v) is 7.05. The molecule has 1 N–H and O–H groups in total. The van der Waals surface area contributed by atoms with Crippen LogP contribution < -0.4 is 14.8 Å². The van der Waals surface area contributed by atoms with Crippen molar-refractivity contribution in [1.29, 1.82) is 0 Å². The molecule has 0 spiro atoms. The number of hydrogen-bond donors (Lipinski definition) is 1. The fraction of sp³-hybridized carbons (Fsp3) is 0.375. The third-order valence-electron chi connectivity index (χ3n) is 3.13. The van der Waals surface area contributed by atoms with Crippen LogP contribution in [0.2, 0.25) is 0 Å². The van der Waals surface area contributed by atoms with Crippen LogP contribution in [0.5, 0.6) is 17.4 Å². The van der Waals surface area contributed by atoms with Crippen LogP contribution in [0.25, 0.3) is 0 Å². The molecule has 0 atom stereocenters. The first kappa shape index (κ1) is 15.1. The number of anilines is 1. The summed E-state index contributed by atoms with van der Waals surface area (Å²) in [6, 6.07) is 7.52. The lowest BCUT2D eigenvalue weighted by molar-refractivity contribution is 0.372. The smallest absolute Gasteiger partial charge is 0.227 e. The third kappa shape index (κ3) is 3.42. The Kier molecular flexibility index (Phi) is 4.98. The molecule has 21 heavy (non-hydrogen) atoms. The Morgan fingerprint density at radius 1 is 1.14 bits per heavy atom. The maximum atomic E-state index is 5.94. The van der Waals surface area contributed by atoms with Crippen LogP contribution in [-0.2, 0) is 6.42 Å². The molecule has 112 valence electrons. The highest BCUT2D eigenvalue weighted by atomic mass is 16.5. The molecule has 1 aromatic carbocycles. The van der Waals surface area contributed by atoms with E-state index in [1.807, 2.05) is 38.2 Å². The summed E-state index contributed by atoms with van der Waals surface area (Å²) >= 11 is 0. The second-order valence-electron chi connectivity index (χ2n) is 4.67. The van der Waals surface area contributed by atoms with Crippen molar-refractivity contribution >= 4 is 5.82 Å². The van der Waals surface area contributed by atoms with Gasteiger partial charge in [-0.15, -0.1) is 0 Å². The third-order valence-corrected chi connectivity index (χ3v) is 3.13. The minimum atomic E-state index is 0.558. The SMILES string of the molecule is CCCc1nc(NC)c(C)c(Oc2ccccc2OC)n1. The van der Waals surface area contributed by atoms with Gasteiger partial charge in [-0.2, -0.15) is 4.98 Å². The van der Waals surface area contributed by atoms with Crippen LogP contribution in [0.4, 0.5) is 5.82 Å². The second kappa shape index (κ2) is 6.92. The Morgan fingerprint density at radius 3 is 2.48 bits per heavy atom. The average Bonchev–Trinajstić information content (AvgIpc) is 2.51. The van der Waals surface area contributed by atoms with Gasteiger partial charge in [-0.3, -0.25) is 0 Å². The Balaban J connectivity index is 2.40. The van der Waals surface area contributed by atoms with Crippen molar-refractivity contribution < 1.29 is 9.47 Å². The summed E-state index contributed by atoms with van der Waals surface area (Å²) in [6.45, 7) is 4.04. The van der Waals surface area contributed by atoms with Gasteiger partial charge in [0.2, 0.25) is 5.88 Å². The zero-order valence-corrected chi connectivity index (χ0v) is 12.9. The van der Waals surface area contributed by atoms with Gasteiger partial charge in [-0.25, -0.2) is 4.98 Å². The van der Waals surface area contributed by atoms with E-state index in [1.54, 1.807) is 7.11 Å². The molecule has 0 bridgehead atoms. The normalized spacial score (nSPS) is 10.3. The summed E-state index contributed by atoms with van der Waals surface area (Å²) in [7, 11) is 3.47. The number of nitrogens with zero attached hydrogens (tertiary/aromatic N) is 2. The molecule has 0 aliphatic rings. The van der Waals surface area contributed by atoms with Crippen molar-refractivity contribution in [3.05, 3.63) is 35.7 Å². The molecule has 0 unspecified atom stereocenters. The van der Waals surface area contributed by atoms with Crippen molar-refractivity contribution in [2.75, 3.05) is 19.5 Å². The Labute approximate surface area is 125 Å². The zero-order chi connectivity index (χ0) is 15.2. The maximum Gasteiger partial charge on any atom is 0.227 e. The summed E-state index contributed by atoms with van der Waals surface area (Å²) in [5, 5.41) is 3.09. The van der Waals surface area contributed by atoms with E-state index in [9.17, 15) is 0 Å². The molecule has 0 aliphatic carbocycles. The lowest BCUT2D eigenvalue weighted by atomic mass is 10.2. The van der Waals surface area contributed by atoms with E-state index in [-0.39, 0.29) is 0 Å². The Bertz CT molecular complexity index is 614. The van der Waals surface area contributed by atoms with Crippen LogP contribution in [0.3, 0.4) is 0 Å². The molecule has 0 aliphatic heterocycles. The van der Waals surface area contributed by atoms with Crippen LogP contribution in [0.15, 0.2) is 24.3 Å². The van der Waals surface area contributed by atoms with E-state index in [0.717, 1.165) is 30.0 Å². The summed E-state index contributed by atoms with van der Waals surface area (Å²) in [6.07, 6.45) is 1.80. The van der Waals surface area contributed by atoms with Crippen LogP contribution >= 0.6 is 0 Å². The molecule has 1 aromatic heterocycles. The van der Waals surface area contributed by atoms with Crippen molar-refractivity contribution in [2.24, 2.45) is 0 Å². The molecule has 0 fully saturated rings. The summed E-state index contributed by atoms with van der Waals surface area (Å²) in [4.78, 5) is 9.00. The highest BCUT2D eigenvalue weighted by Gasteiger charge is 2.13. The topological polar surface area (TPSA) is 56.3 Å². The lowest BCUT2D eigenvalue weighted by Gasteiger charge is -2.14. The molecule has 0 radical (unpaired) electrons. The Morgan fingerprint density at radius 2 is 1.86 bits per heavy atom. The number of benzene rings is 1. The van der Waals surface area contributed by atoms with Crippen molar-refractivity contribution in [1.82, 2.24) is 9.97 Å². The first-order chi connectivity index (χ1) is 10.2. The van der Waals surface area contributed by atoms with E-state index in [0.29, 0.717) is 17.4 Å². The van der Waals surface area contributed by atoms with E-state index < -0.39 is 0 Å². The molecule has 0 saturated heterocycles. The van der Waals surface area contributed by atoms with Gasteiger partial charge < -0.3 is 14.8 Å². The first-order valence-electron chi connectivity index (χ1n) is 7.05. The number of para-hydroxylation sites is 2. The van der Waals surface area contributed by atoms with E-state index in [4.69, 9.17) is 9.47 Å². The largest absolute Gasteiger partial charge is 0.493 e. The predicted molar refractivity (Wildman–Crippen MR) is 83.4 cm³/mol. The van der Waals surface area contributed by atoms with Gasteiger partial charge in [0, 0.05) is 13.5 Å². The number of nitrogens with one attached hydrogen (secondary N) is 1. The van der Waals surface area contributed by atoms with E-state index >= 15 is 0 Å². The number of aromatic nitrogens is 2. The van der Waals surface area contributed by atoms with Gasteiger partial charge in [0.25, 0.3) is 0 Å².